The van der Waals surface area contributed by atoms with Gasteiger partial charge < -0.3 is 10.4 Å². The summed E-state index contributed by atoms with van der Waals surface area (Å²) in [5.41, 5.74) is 4.30. The number of hydrogen-bond acceptors (Lipinski definition) is 2. The first kappa shape index (κ1) is 10.1. The fourth-order valence-corrected chi connectivity index (χ4v) is 2.16. The highest BCUT2D eigenvalue weighted by molar-refractivity contribution is 5.88. The average Bonchev–Trinajstić information content (AvgIpc) is 2.39. The first-order valence-electron chi connectivity index (χ1n) is 5.66. The van der Waals surface area contributed by atoms with Crippen LogP contribution in [-0.4, -0.2) is 11.3 Å². The van der Waals surface area contributed by atoms with Crippen LogP contribution in [0.3, 0.4) is 0 Å². The van der Waals surface area contributed by atoms with Crippen molar-refractivity contribution in [1.82, 2.24) is 0 Å². The molecule has 1 unspecified atom stereocenters. The molecular formula is C15H13NO. The minimum Gasteiger partial charge on any atom is -0.370 e. The minimum atomic E-state index is -0.625. The highest BCUT2D eigenvalue weighted by Gasteiger charge is 2.17. The van der Waals surface area contributed by atoms with Crippen LogP contribution in [0.1, 0.15) is 11.1 Å². The third-order valence-corrected chi connectivity index (χ3v) is 2.93. The van der Waals surface area contributed by atoms with E-state index in [1.165, 1.54) is 0 Å². The average molecular weight is 223 g/mol. The van der Waals surface area contributed by atoms with Crippen molar-refractivity contribution in [3.05, 3.63) is 71.8 Å². The molecule has 0 aromatic heterocycles. The maximum atomic E-state index is 9.80. The Morgan fingerprint density at radius 1 is 0.882 bits per heavy atom. The van der Waals surface area contributed by atoms with E-state index in [9.17, 15) is 5.11 Å². The quantitative estimate of drug-likeness (QED) is 0.779. The maximum Gasteiger partial charge on any atom is 0.144 e. The van der Waals surface area contributed by atoms with Crippen LogP contribution in [0.5, 0.6) is 0 Å². The van der Waals surface area contributed by atoms with Gasteiger partial charge in [-0.05, 0) is 23.3 Å². The molecule has 0 aliphatic carbocycles. The molecule has 0 fully saturated rings. The first-order valence-corrected chi connectivity index (χ1v) is 5.66. The van der Waals surface area contributed by atoms with Gasteiger partial charge in [0.1, 0.15) is 6.23 Å². The lowest BCUT2D eigenvalue weighted by Gasteiger charge is -2.23. The molecule has 1 atom stereocenters. The topological polar surface area (TPSA) is 32.3 Å². The number of rotatable bonds is 1. The van der Waals surface area contributed by atoms with Gasteiger partial charge in [-0.1, -0.05) is 48.5 Å². The van der Waals surface area contributed by atoms with E-state index in [4.69, 9.17) is 0 Å². The van der Waals surface area contributed by atoms with E-state index in [2.05, 4.69) is 23.5 Å². The van der Waals surface area contributed by atoms with Crippen LogP contribution < -0.4 is 5.32 Å². The summed E-state index contributed by atoms with van der Waals surface area (Å²) in [5.74, 6) is 0. The molecule has 84 valence electrons. The van der Waals surface area contributed by atoms with Gasteiger partial charge >= 0.3 is 0 Å². The molecule has 0 spiro atoms. The van der Waals surface area contributed by atoms with Crippen molar-refractivity contribution in [1.29, 1.82) is 0 Å². The van der Waals surface area contributed by atoms with Crippen LogP contribution in [0.15, 0.2) is 60.7 Å². The molecule has 2 N–H and O–H groups in total. The van der Waals surface area contributed by atoms with Crippen molar-refractivity contribution >= 4 is 11.3 Å². The Balaban J connectivity index is 2.16. The Kier molecular flexibility index (Phi) is 2.42. The molecule has 2 aromatic rings. The molecule has 1 heterocycles. The van der Waals surface area contributed by atoms with Gasteiger partial charge in [0.25, 0.3) is 0 Å². The molecule has 2 aromatic carbocycles. The van der Waals surface area contributed by atoms with Gasteiger partial charge in [-0.15, -0.1) is 0 Å². The molecule has 0 saturated carbocycles. The number of para-hydroxylation sites is 1. The van der Waals surface area contributed by atoms with Crippen LogP contribution in [0.2, 0.25) is 0 Å². The lowest BCUT2D eigenvalue weighted by Crippen LogP contribution is -2.21. The van der Waals surface area contributed by atoms with Gasteiger partial charge in [-0.3, -0.25) is 0 Å². The van der Waals surface area contributed by atoms with Crippen molar-refractivity contribution in [2.24, 2.45) is 0 Å². The molecule has 3 rings (SSSR count). The van der Waals surface area contributed by atoms with E-state index in [0.717, 1.165) is 22.4 Å². The zero-order valence-corrected chi connectivity index (χ0v) is 9.30. The van der Waals surface area contributed by atoms with Gasteiger partial charge in [-0.25, -0.2) is 0 Å². The van der Waals surface area contributed by atoms with Crippen LogP contribution in [0.4, 0.5) is 5.69 Å². The number of hydrogen-bond donors (Lipinski definition) is 2. The summed E-state index contributed by atoms with van der Waals surface area (Å²) in [6.07, 6.45) is 1.22. The Morgan fingerprint density at radius 2 is 1.59 bits per heavy atom. The zero-order valence-electron chi connectivity index (χ0n) is 9.30. The molecule has 1 aliphatic rings. The second-order valence-electron chi connectivity index (χ2n) is 4.08. The van der Waals surface area contributed by atoms with Gasteiger partial charge in [0.15, 0.2) is 0 Å². The maximum absolute atomic E-state index is 9.80. The van der Waals surface area contributed by atoms with Crippen molar-refractivity contribution in [3.63, 3.8) is 0 Å². The summed E-state index contributed by atoms with van der Waals surface area (Å²) in [4.78, 5) is 0. The van der Waals surface area contributed by atoms with E-state index in [-0.39, 0.29) is 0 Å². The normalized spacial score (nSPS) is 17.9. The summed E-state index contributed by atoms with van der Waals surface area (Å²) in [7, 11) is 0. The second kappa shape index (κ2) is 4.07. The summed E-state index contributed by atoms with van der Waals surface area (Å²) >= 11 is 0. The van der Waals surface area contributed by atoms with Crippen molar-refractivity contribution in [2.45, 2.75) is 6.23 Å². The van der Waals surface area contributed by atoms with Gasteiger partial charge in [0, 0.05) is 11.3 Å². The second-order valence-corrected chi connectivity index (χ2v) is 4.08. The molecule has 0 radical (unpaired) electrons. The Hall–Kier alpha value is -2.06. The Bertz CT molecular complexity index is 560. The molecule has 1 aliphatic heterocycles. The first-order chi connectivity index (χ1) is 8.34. The smallest absolute Gasteiger partial charge is 0.144 e. The summed E-state index contributed by atoms with van der Waals surface area (Å²) in [6, 6.07) is 18.1. The van der Waals surface area contributed by atoms with E-state index in [1.807, 2.05) is 42.5 Å². The molecule has 0 bridgehead atoms. The number of fused-ring (bicyclic) bond motifs is 1. The number of anilines is 1. The van der Waals surface area contributed by atoms with Crippen molar-refractivity contribution in [2.75, 3.05) is 5.32 Å². The molecule has 17 heavy (non-hydrogen) atoms. The molecular weight excluding hydrogens is 210 g/mol. The summed E-state index contributed by atoms with van der Waals surface area (Å²) < 4.78 is 0. The molecule has 2 nitrogen and oxygen atoms in total. The van der Waals surface area contributed by atoms with Crippen LogP contribution in [0, 0.1) is 0 Å². The Morgan fingerprint density at radius 3 is 2.41 bits per heavy atom. The van der Waals surface area contributed by atoms with E-state index in [1.54, 1.807) is 0 Å². The number of aliphatic hydroxyl groups is 1. The fraction of sp³-hybridized carbons (Fsp3) is 0.0667. The number of aliphatic hydroxyl groups excluding tert-OH is 1. The third kappa shape index (κ3) is 1.83. The lowest BCUT2D eigenvalue weighted by molar-refractivity contribution is 0.252. The third-order valence-electron chi connectivity index (χ3n) is 2.93. The monoisotopic (exact) mass is 223 g/mol. The highest BCUT2D eigenvalue weighted by atomic mass is 16.3. The number of benzene rings is 2. The largest absolute Gasteiger partial charge is 0.370 e. The molecule has 0 saturated heterocycles. The van der Waals surface area contributed by atoms with Gasteiger partial charge in [-0.2, -0.15) is 0 Å². The minimum absolute atomic E-state index is 0.625. The lowest BCUT2D eigenvalue weighted by atomic mass is 9.93. The summed E-state index contributed by atoms with van der Waals surface area (Å²) in [6.45, 7) is 0. The molecule has 2 heteroatoms. The predicted octanol–water partition coefficient (Wildman–Crippen LogP) is 2.86. The summed E-state index contributed by atoms with van der Waals surface area (Å²) in [5, 5.41) is 12.8. The molecule has 0 amide bonds. The van der Waals surface area contributed by atoms with E-state index >= 15 is 0 Å². The predicted molar refractivity (Wildman–Crippen MR) is 69.6 cm³/mol. The van der Waals surface area contributed by atoms with Gasteiger partial charge in [0.2, 0.25) is 0 Å². The van der Waals surface area contributed by atoms with Crippen LogP contribution >= 0.6 is 0 Å². The Labute approximate surface area is 100 Å². The fourth-order valence-electron chi connectivity index (χ4n) is 2.16. The highest BCUT2D eigenvalue weighted by Crippen LogP contribution is 2.33. The SMILES string of the molecule is OC1C=C(c2ccccc2)c2ccccc2N1. The zero-order chi connectivity index (χ0) is 11.7. The van der Waals surface area contributed by atoms with Crippen molar-refractivity contribution < 1.29 is 5.11 Å². The number of nitrogens with one attached hydrogen (secondary N) is 1. The van der Waals surface area contributed by atoms with Crippen molar-refractivity contribution in [3.8, 4) is 0 Å². The van der Waals surface area contributed by atoms with Crippen LogP contribution in [0.25, 0.3) is 5.57 Å². The van der Waals surface area contributed by atoms with Crippen LogP contribution in [-0.2, 0) is 0 Å². The van der Waals surface area contributed by atoms with E-state index in [0.29, 0.717) is 0 Å². The standard InChI is InChI=1S/C15H13NO/c17-15-10-13(11-6-2-1-3-7-11)12-8-4-5-9-14(12)16-15/h1-10,15-17H. The van der Waals surface area contributed by atoms with E-state index < -0.39 is 6.23 Å². The van der Waals surface area contributed by atoms with Gasteiger partial charge in [0.05, 0.1) is 0 Å².